The number of phenols is 1. The highest BCUT2D eigenvalue weighted by molar-refractivity contribution is 7.93. The molecular weight excluding hydrogens is 459 g/mol. The monoisotopic (exact) mass is 472 g/mol. The third-order valence-electron chi connectivity index (χ3n) is 3.74. The molecule has 11 heteroatoms. The summed E-state index contributed by atoms with van der Waals surface area (Å²) in [6.45, 7) is 0. The fourth-order valence-electron chi connectivity index (χ4n) is 2.34. The van der Waals surface area contributed by atoms with Crippen LogP contribution in [0.4, 0.5) is 11.4 Å². The molecule has 0 saturated heterocycles. The number of hydrogen-bond acceptors (Lipinski definition) is 5. The van der Waals surface area contributed by atoms with Crippen molar-refractivity contribution in [3.8, 4) is 5.75 Å². The summed E-state index contributed by atoms with van der Waals surface area (Å²) in [7, 11) is -8.10. The van der Waals surface area contributed by atoms with E-state index in [-0.39, 0.29) is 26.9 Å². The molecule has 3 aromatic carbocycles. The summed E-state index contributed by atoms with van der Waals surface area (Å²) < 4.78 is 55.0. The number of nitrogens with one attached hydrogen (secondary N) is 2. The van der Waals surface area contributed by atoms with E-state index in [0.717, 1.165) is 6.07 Å². The van der Waals surface area contributed by atoms with Gasteiger partial charge in [0.2, 0.25) is 0 Å². The second kappa shape index (κ2) is 8.11. The molecule has 3 rings (SSSR count). The predicted molar refractivity (Wildman–Crippen MR) is 113 cm³/mol. The maximum absolute atomic E-state index is 12.6. The van der Waals surface area contributed by atoms with Crippen LogP contribution >= 0.6 is 23.2 Å². The van der Waals surface area contributed by atoms with Crippen molar-refractivity contribution < 1.29 is 21.9 Å². The third kappa shape index (κ3) is 5.13. The van der Waals surface area contributed by atoms with Crippen molar-refractivity contribution in [2.24, 2.45) is 0 Å². The predicted octanol–water partition coefficient (Wildman–Crippen LogP) is 4.30. The Morgan fingerprint density at radius 2 is 1.03 bits per heavy atom. The summed E-state index contributed by atoms with van der Waals surface area (Å²) in [6, 6.07) is 14.4. The molecule has 7 nitrogen and oxygen atoms in total. The molecule has 0 fully saturated rings. The van der Waals surface area contributed by atoms with Gasteiger partial charge in [0.05, 0.1) is 21.2 Å². The maximum Gasteiger partial charge on any atom is 0.261 e. The molecule has 0 aliphatic rings. The van der Waals surface area contributed by atoms with Crippen LogP contribution in [0.5, 0.6) is 5.75 Å². The fraction of sp³-hybridized carbons (Fsp3) is 0. The molecule has 0 aliphatic heterocycles. The van der Waals surface area contributed by atoms with Crippen LogP contribution in [0.1, 0.15) is 0 Å². The standard InChI is InChI=1S/C18H14Cl2N2O5S2/c19-12-1-6-15(7-2-12)28(24,25)21-17-10-5-14(23)11-18(17)22-29(26,27)16-8-3-13(20)4-9-16/h1-11,21-23H. The summed E-state index contributed by atoms with van der Waals surface area (Å²) >= 11 is 11.6. The van der Waals surface area contributed by atoms with Crippen LogP contribution in [0.2, 0.25) is 10.0 Å². The number of hydrogen-bond donors (Lipinski definition) is 3. The highest BCUT2D eigenvalue weighted by atomic mass is 35.5. The zero-order chi connectivity index (χ0) is 21.2. The second-order valence-corrected chi connectivity index (χ2v) is 10.1. The average molecular weight is 473 g/mol. The van der Waals surface area contributed by atoms with Gasteiger partial charge in [-0.15, -0.1) is 0 Å². The lowest BCUT2D eigenvalue weighted by Gasteiger charge is -2.15. The molecule has 3 aromatic rings. The van der Waals surface area contributed by atoms with Crippen LogP contribution < -0.4 is 9.44 Å². The van der Waals surface area contributed by atoms with E-state index >= 15 is 0 Å². The first-order valence-electron chi connectivity index (χ1n) is 7.97. The van der Waals surface area contributed by atoms with Gasteiger partial charge in [0, 0.05) is 16.1 Å². The van der Waals surface area contributed by atoms with Crippen molar-refractivity contribution in [2.45, 2.75) is 9.79 Å². The van der Waals surface area contributed by atoms with Crippen molar-refractivity contribution in [3.05, 3.63) is 76.8 Å². The van der Waals surface area contributed by atoms with Crippen LogP contribution in [0.3, 0.4) is 0 Å². The highest BCUT2D eigenvalue weighted by Crippen LogP contribution is 2.31. The highest BCUT2D eigenvalue weighted by Gasteiger charge is 2.20. The number of aromatic hydroxyl groups is 1. The van der Waals surface area contributed by atoms with Gasteiger partial charge in [0.25, 0.3) is 20.0 Å². The lowest BCUT2D eigenvalue weighted by atomic mass is 10.2. The number of sulfonamides is 2. The fourth-order valence-corrected chi connectivity index (χ4v) is 4.74. The van der Waals surface area contributed by atoms with Gasteiger partial charge in [-0.1, -0.05) is 23.2 Å². The van der Waals surface area contributed by atoms with Gasteiger partial charge in [-0.25, -0.2) is 16.8 Å². The molecule has 0 saturated carbocycles. The Morgan fingerprint density at radius 3 is 1.48 bits per heavy atom. The zero-order valence-electron chi connectivity index (χ0n) is 14.5. The van der Waals surface area contributed by atoms with Crippen LogP contribution in [0.15, 0.2) is 76.5 Å². The first-order valence-corrected chi connectivity index (χ1v) is 11.7. The van der Waals surface area contributed by atoms with Crippen molar-refractivity contribution in [1.82, 2.24) is 0 Å². The van der Waals surface area contributed by atoms with Crippen LogP contribution in [-0.4, -0.2) is 21.9 Å². The van der Waals surface area contributed by atoms with Gasteiger partial charge in [-0.2, -0.15) is 0 Å². The summed E-state index contributed by atoms with van der Waals surface area (Å²) in [5.74, 6) is -0.256. The summed E-state index contributed by atoms with van der Waals surface area (Å²) in [6.07, 6.45) is 0. The SMILES string of the molecule is O=S(=O)(Nc1ccc(O)cc1NS(=O)(=O)c1ccc(Cl)cc1)c1ccc(Cl)cc1. The molecule has 0 atom stereocenters. The Bertz CT molecular complexity index is 1240. The molecule has 29 heavy (non-hydrogen) atoms. The normalized spacial score (nSPS) is 11.8. The quantitative estimate of drug-likeness (QED) is 0.462. The molecule has 0 aromatic heterocycles. The van der Waals surface area contributed by atoms with Gasteiger partial charge in [0.1, 0.15) is 5.75 Å². The molecule has 0 heterocycles. The second-order valence-electron chi connectivity index (χ2n) is 5.85. The Balaban J connectivity index is 1.96. The zero-order valence-corrected chi connectivity index (χ0v) is 17.6. The lowest BCUT2D eigenvalue weighted by molar-refractivity contribution is 0.475. The minimum absolute atomic E-state index is 0.0681. The lowest BCUT2D eigenvalue weighted by Crippen LogP contribution is -2.17. The molecule has 152 valence electrons. The van der Waals surface area contributed by atoms with E-state index in [1.165, 1.54) is 60.7 Å². The first-order chi connectivity index (χ1) is 13.6. The van der Waals surface area contributed by atoms with Crippen molar-refractivity contribution in [3.63, 3.8) is 0 Å². The van der Waals surface area contributed by atoms with Crippen LogP contribution in [0.25, 0.3) is 0 Å². The van der Waals surface area contributed by atoms with Crippen LogP contribution in [0, 0.1) is 0 Å². The summed E-state index contributed by atoms with van der Waals surface area (Å²) in [4.78, 5) is -0.154. The Hall–Kier alpha value is -2.46. The first kappa shape index (κ1) is 21.3. The van der Waals surface area contributed by atoms with Gasteiger partial charge >= 0.3 is 0 Å². The molecule has 0 amide bonds. The van der Waals surface area contributed by atoms with Crippen molar-refractivity contribution in [2.75, 3.05) is 9.44 Å². The van der Waals surface area contributed by atoms with E-state index in [1.807, 2.05) is 0 Å². The molecular formula is C18H14Cl2N2O5S2. The topological polar surface area (TPSA) is 113 Å². The van der Waals surface area contributed by atoms with Crippen molar-refractivity contribution >= 4 is 54.6 Å². The minimum Gasteiger partial charge on any atom is -0.508 e. The van der Waals surface area contributed by atoms with Gasteiger partial charge in [-0.3, -0.25) is 9.44 Å². The average Bonchev–Trinajstić information content (AvgIpc) is 2.64. The number of benzene rings is 3. The molecule has 0 radical (unpaired) electrons. The third-order valence-corrected chi connectivity index (χ3v) is 7.01. The summed E-state index contributed by atoms with van der Waals surface area (Å²) in [5, 5.41) is 10.5. The largest absolute Gasteiger partial charge is 0.508 e. The van der Waals surface area contributed by atoms with Gasteiger partial charge in [-0.05, 0) is 60.7 Å². The Morgan fingerprint density at radius 1 is 0.621 bits per heavy atom. The maximum atomic E-state index is 12.6. The Kier molecular flexibility index (Phi) is 5.95. The van der Waals surface area contributed by atoms with E-state index in [0.29, 0.717) is 10.0 Å². The summed E-state index contributed by atoms with van der Waals surface area (Å²) in [5.41, 5.74) is -0.229. The smallest absolute Gasteiger partial charge is 0.261 e. The van der Waals surface area contributed by atoms with Gasteiger partial charge < -0.3 is 5.11 Å². The van der Waals surface area contributed by atoms with Gasteiger partial charge in [0.15, 0.2) is 0 Å². The van der Waals surface area contributed by atoms with E-state index in [4.69, 9.17) is 23.2 Å². The molecule has 0 spiro atoms. The number of anilines is 2. The molecule has 3 N–H and O–H groups in total. The van der Waals surface area contributed by atoms with Crippen molar-refractivity contribution in [1.29, 1.82) is 0 Å². The molecule has 0 aliphatic carbocycles. The number of phenolic OH excluding ortho intramolecular Hbond substituents is 1. The minimum atomic E-state index is -4.07. The Labute approximate surface area is 178 Å². The number of halogens is 2. The molecule has 0 unspecified atom stereocenters. The van der Waals surface area contributed by atoms with E-state index in [1.54, 1.807) is 0 Å². The van der Waals surface area contributed by atoms with Crippen LogP contribution in [-0.2, 0) is 20.0 Å². The molecule has 0 bridgehead atoms. The van der Waals surface area contributed by atoms with E-state index in [2.05, 4.69) is 9.44 Å². The number of rotatable bonds is 6. The van der Waals surface area contributed by atoms with E-state index < -0.39 is 20.0 Å². The van der Waals surface area contributed by atoms with E-state index in [9.17, 15) is 21.9 Å².